The zero-order valence-corrected chi connectivity index (χ0v) is 19.3. The standard InChI is InChI=1S/C19H24Cl2N4O4S/c1-12-18(13(2)23-22-12)30(27,28)25-8-4-7-24(9-10-25)19(26)14(3)29-17-6-5-15(20)11-16(17)21/h5-6,11,14H,4,7-10H2,1-3H3,(H,22,23). The van der Waals surface area contributed by atoms with Crippen LogP contribution >= 0.6 is 23.2 Å². The smallest absolute Gasteiger partial charge is 0.263 e. The van der Waals surface area contributed by atoms with Crippen LogP contribution in [0.1, 0.15) is 24.7 Å². The number of H-pyrrole nitrogens is 1. The number of hydrogen-bond donors (Lipinski definition) is 1. The van der Waals surface area contributed by atoms with E-state index < -0.39 is 16.1 Å². The van der Waals surface area contributed by atoms with Crippen LogP contribution in [-0.2, 0) is 14.8 Å². The highest BCUT2D eigenvalue weighted by atomic mass is 35.5. The van der Waals surface area contributed by atoms with Crippen molar-refractivity contribution in [1.29, 1.82) is 0 Å². The van der Waals surface area contributed by atoms with Gasteiger partial charge in [0.15, 0.2) is 6.10 Å². The summed E-state index contributed by atoms with van der Waals surface area (Å²) in [6, 6.07) is 4.79. The van der Waals surface area contributed by atoms with Gasteiger partial charge >= 0.3 is 0 Å². The number of hydrogen-bond acceptors (Lipinski definition) is 5. The number of carbonyl (C=O) groups excluding carboxylic acids is 1. The normalized spacial score (nSPS) is 16.9. The summed E-state index contributed by atoms with van der Waals surface area (Å²) in [7, 11) is -3.69. The molecule has 3 rings (SSSR count). The Morgan fingerprint density at radius 2 is 1.93 bits per heavy atom. The van der Waals surface area contributed by atoms with Crippen molar-refractivity contribution in [1.82, 2.24) is 19.4 Å². The van der Waals surface area contributed by atoms with Crippen molar-refractivity contribution in [2.75, 3.05) is 26.2 Å². The van der Waals surface area contributed by atoms with E-state index in [4.69, 9.17) is 27.9 Å². The summed E-state index contributed by atoms with van der Waals surface area (Å²) >= 11 is 12.0. The van der Waals surface area contributed by atoms with Gasteiger partial charge in [-0.2, -0.15) is 9.40 Å². The molecule has 164 valence electrons. The number of amides is 1. The Morgan fingerprint density at radius 3 is 2.57 bits per heavy atom. The molecule has 0 bridgehead atoms. The minimum atomic E-state index is -3.69. The fourth-order valence-electron chi connectivity index (χ4n) is 3.47. The second kappa shape index (κ2) is 9.13. The van der Waals surface area contributed by atoms with Crippen LogP contribution in [0.2, 0.25) is 10.0 Å². The summed E-state index contributed by atoms with van der Waals surface area (Å²) in [6.45, 7) is 6.23. The number of benzene rings is 1. The van der Waals surface area contributed by atoms with Gasteiger partial charge in [-0.15, -0.1) is 0 Å². The fourth-order valence-corrected chi connectivity index (χ4v) is 5.73. The summed E-state index contributed by atoms with van der Waals surface area (Å²) in [5, 5.41) is 7.50. The maximum Gasteiger partial charge on any atom is 0.263 e. The summed E-state index contributed by atoms with van der Waals surface area (Å²) < 4.78 is 33.3. The zero-order valence-electron chi connectivity index (χ0n) is 17.0. The third-order valence-electron chi connectivity index (χ3n) is 4.97. The highest BCUT2D eigenvalue weighted by molar-refractivity contribution is 7.89. The van der Waals surface area contributed by atoms with E-state index in [2.05, 4.69) is 10.2 Å². The van der Waals surface area contributed by atoms with Crippen molar-refractivity contribution in [3.8, 4) is 5.75 Å². The minimum Gasteiger partial charge on any atom is -0.479 e. The van der Waals surface area contributed by atoms with Gasteiger partial charge < -0.3 is 9.64 Å². The second-order valence-electron chi connectivity index (χ2n) is 7.18. The van der Waals surface area contributed by atoms with Gasteiger partial charge in [-0.3, -0.25) is 9.89 Å². The lowest BCUT2D eigenvalue weighted by molar-refractivity contribution is -0.137. The minimum absolute atomic E-state index is 0.201. The molecule has 2 aromatic rings. The highest BCUT2D eigenvalue weighted by Crippen LogP contribution is 2.29. The zero-order chi connectivity index (χ0) is 22.1. The number of sulfonamides is 1. The third kappa shape index (κ3) is 4.74. The lowest BCUT2D eigenvalue weighted by Crippen LogP contribution is -2.43. The van der Waals surface area contributed by atoms with Gasteiger partial charge in [0, 0.05) is 31.2 Å². The Bertz CT molecular complexity index is 1020. The summed E-state index contributed by atoms with van der Waals surface area (Å²) in [5.41, 5.74) is 0.943. The van der Waals surface area contributed by atoms with E-state index in [1.807, 2.05) is 0 Å². The van der Waals surface area contributed by atoms with Gasteiger partial charge in [-0.25, -0.2) is 8.42 Å². The van der Waals surface area contributed by atoms with Crippen LogP contribution in [0, 0.1) is 13.8 Å². The molecule has 1 N–H and O–H groups in total. The van der Waals surface area contributed by atoms with Gasteiger partial charge in [0.1, 0.15) is 10.6 Å². The second-order valence-corrected chi connectivity index (χ2v) is 9.90. The van der Waals surface area contributed by atoms with E-state index in [1.165, 1.54) is 4.31 Å². The third-order valence-corrected chi connectivity index (χ3v) is 7.66. The van der Waals surface area contributed by atoms with Crippen LogP contribution in [0.4, 0.5) is 0 Å². The van der Waals surface area contributed by atoms with E-state index >= 15 is 0 Å². The lowest BCUT2D eigenvalue weighted by Gasteiger charge is -2.25. The van der Waals surface area contributed by atoms with Crippen LogP contribution in [0.25, 0.3) is 0 Å². The van der Waals surface area contributed by atoms with Crippen LogP contribution in [0.5, 0.6) is 5.75 Å². The molecule has 8 nitrogen and oxygen atoms in total. The van der Waals surface area contributed by atoms with Gasteiger partial charge in [0.05, 0.1) is 16.4 Å². The number of aryl methyl sites for hydroxylation is 2. The molecule has 1 aromatic heterocycles. The van der Waals surface area contributed by atoms with Crippen molar-refractivity contribution < 1.29 is 17.9 Å². The summed E-state index contributed by atoms with van der Waals surface area (Å²) in [5.74, 6) is 0.141. The quantitative estimate of drug-likeness (QED) is 0.718. The highest BCUT2D eigenvalue weighted by Gasteiger charge is 2.33. The van der Waals surface area contributed by atoms with Crippen LogP contribution in [0.15, 0.2) is 23.1 Å². The number of rotatable bonds is 5. The molecular formula is C19H24Cl2N4O4S. The Balaban J connectivity index is 1.68. The monoisotopic (exact) mass is 474 g/mol. The Morgan fingerprint density at radius 1 is 1.20 bits per heavy atom. The van der Waals surface area contributed by atoms with E-state index in [1.54, 1.807) is 43.9 Å². The number of carbonyl (C=O) groups is 1. The van der Waals surface area contributed by atoms with Gasteiger partial charge in [-0.1, -0.05) is 23.2 Å². The first-order valence-corrected chi connectivity index (χ1v) is 11.7. The number of nitrogens with one attached hydrogen (secondary N) is 1. The molecular weight excluding hydrogens is 451 g/mol. The van der Waals surface area contributed by atoms with Crippen molar-refractivity contribution in [3.63, 3.8) is 0 Å². The van der Waals surface area contributed by atoms with Crippen molar-refractivity contribution in [2.45, 2.75) is 38.2 Å². The summed E-state index contributed by atoms with van der Waals surface area (Å²) in [6.07, 6.45) is -0.250. The fraction of sp³-hybridized carbons (Fsp3) is 0.474. The molecule has 2 heterocycles. The molecule has 0 saturated carbocycles. The van der Waals surface area contributed by atoms with E-state index in [0.29, 0.717) is 46.7 Å². The van der Waals surface area contributed by atoms with Crippen molar-refractivity contribution >= 4 is 39.1 Å². The Hall–Kier alpha value is -1.81. The van der Waals surface area contributed by atoms with Gasteiger partial charge in [-0.05, 0) is 45.4 Å². The molecule has 1 unspecified atom stereocenters. The van der Waals surface area contributed by atoms with Crippen LogP contribution in [-0.4, -0.2) is 66.0 Å². The first-order valence-electron chi connectivity index (χ1n) is 9.53. The molecule has 1 amide bonds. The molecule has 30 heavy (non-hydrogen) atoms. The molecule has 0 spiro atoms. The lowest BCUT2D eigenvalue weighted by atomic mass is 10.3. The first-order chi connectivity index (χ1) is 14.1. The maximum absolute atomic E-state index is 13.1. The average molecular weight is 475 g/mol. The summed E-state index contributed by atoms with van der Waals surface area (Å²) in [4.78, 5) is 14.7. The molecule has 1 fully saturated rings. The largest absolute Gasteiger partial charge is 0.479 e. The predicted molar refractivity (Wildman–Crippen MR) is 115 cm³/mol. The topological polar surface area (TPSA) is 95.6 Å². The predicted octanol–water partition coefficient (Wildman–Crippen LogP) is 3.02. The molecule has 1 aromatic carbocycles. The Labute approximate surface area is 186 Å². The molecule has 0 radical (unpaired) electrons. The van der Waals surface area contributed by atoms with Crippen molar-refractivity contribution in [2.24, 2.45) is 0 Å². The van der Waals surface area contributed by atoms with E-state index in [0.717, 1.165) is 0 Å². The number of ether oxygens (including phenoxy) is 1. The average Bonchev–Trinajstić information content (AvgIpc) is 2.88. The number of aromatic nitrogens is 2. The van der Waals surface area contributed by atoms with Gasteiger partial charge in [0.2, 0.25) is 10.0 Å². The number of aromatic amines is 1. The Kier molecular flexibility index (Phi) is 6.96. The van der Waals surface area contributed by atoms with Gasteiger partial charge in [0.25, 0.3) is 5.91 Å². The van der Waals surface area contributed by atoms with Crippen LogP contribution in [0.3, 0.4) is 0 Å². The number of halogens is 2. The SMILES string of the molecule is Cc1n[nH]c(C)c1S(=O)(=O)N1CCCN(C(=O)C(C)Oc2ccc(Cl)cc2Cl)CC1. The molecule has 0 aliphatic carbocycles. The molecule has 1 aliphatic heterocycles. The number of nitrogens with zero attached hydrogens (tertiary/aromatic N) is 3. The van der Waals surface area contributed by atoms with Crippen molar-refractivity contribution in [3.05, 3.63) is 39.6 Å². The van der Waals surface area contributed by atoms with Crippen LogP contribution < -0.4 is 4.74 Å². The molecule has 1 atom stereocenters. The molecule has 1 saturated heterocycles. The first kappa shape index (κ1) is 22.9. The molecule has 11 heteroatoms. The maximum atomic E-state index is 13.1. The van der Waals surface area contributed by atoms with E-state index in [9.17, 15) is 13.2 Å². The molecule has 1 aliphatic rings. The van der Waals surface area contributed by atoms with E-state index in [-0.39, 0.29) is 23.9 Å².